The summed E-state index contributed by atoms with van der Waals surface area (Å²) in [5.41, 5.74) is 0. The molecule has 3 heteroatoms. The SMILES string of the molecule is C=CCC(c1ncc[nH]1)N1CCCC(C)C1. The van der Waals surface area contributed by atoms with Gasteiger partial charge in [0.15, 0.2) is 0 Å². The monoisotopic (exact) mass is 219 g/mol. The predicted molar refractivity (Wildman–Crippen MR) is 66.1 cm³/mol. The molecule has 2 unspecified atom stereocenters. The Kier molecular flexibility index (Phi) is 3.78. The highest BCUT2D eigenvalue weighted by atomic mass is 15.2. The minimum absolute atomic E-state index is 0.384. The average molecular weight is 219 g/mol. The minimum atomic E-state index is 0.384. The first kappa shape index (κ1) is 11.4. The lowest BCUT2D eigenvalue weighted by atomic mass is 9.97. The fourth-order valence-electron chi connectivity index (χ4n) is 2.56. The second-order valence-corrected chi connectivity index (χ2v) is 4.76. The molecule has 1 aliphatic heterocycles. The third kappa shape index (κ3) is 2.53. The smallest absolute Gasteiger partial charge is 0.123 e. The van der Waals surface area contributed by atoms with Crippen molar-refractivity contribution in [2.24, 2.45) is 5.92 Å². The molecule has 16 heavy (non-hydrogen) atoms. The number of piperidine rings is 1. The number of imidazole rings is 1. The summed E-state index contributed by atoms with van der Waals surface area (Å²) in [6.45, 7) is 8.55. The maximum Gasteiger partial charge on any atom is 0.123 e. The number of hydrogen-bond acceptors (Lipinski definition) is 2. The van der Waals surface area contributed by atoms with Crippen LogP contribution in [0.3, 0.4) is 0 Å². The zero-order valence-electron chi connectivity index (χ0n) is 10.0. The highest BCUT2D eigenvalue weighted by molar-refractivity contribution is 5.00. The molecule has 0 amide bonds. The van der Waals surface area contributed by atoms with Crippen molar-refractivity contribution in [3.8, 4) is 0 Å². The second-order valence-electron chi connectivity index (χ2n) is 4.76. The average Bonchev–Trinajstić information content (AvgIpc) is 2.79. The van der Waals surface area contributed by atoms with Crippen LogP contribution in [0.5, 0.6) is 0 Å². The van der Waals surface area contributed by atoms with E-state index >= 15 is 0 Å². The number of aromatic amines is 1. The summed E-state index contributed by atoms with van der Waals surface area (Å²) in [4.78, 5) is 10.2. The quantitative estimate of drug-likeness (QED) is 0.790. The zero-order valence-corrected chi connectivity index (χ0v) is 10.0. The summed E-state index contributed by atoms with van der Waals surface area (Å²) in [7, 11) is 0. The van der Waals surface area contributed by atoms with Crippen molar-refractivity contribution in [3.63, 3.8) is 0 Å². The van der Waals surface area contributed by atoms with Crippen molar-refractivity contribution in [1.82, 2.24) is 14.9 Å². The molecule has 88 valence electrons. The van der Waals surface area contributed by atoms with Gasteiger partial charge in [-0.05, 0) is 31.7 Å². The predicted octanol–water partition coefficient (Wildman–Crippen LogP) is 2.76. The number of nitrogens with one attached hydrogen (secondary N) is 1. The number of hydrogen-bond donors (Lipinski definition) is 1. The molecule has 1 saturated heterocycles. The lowest BCUT2D eigenvalue weighted by Gasteiger charge is -2.36. The van der Waals surface area contributed by atoms with Gasteiger partial charge in [-0.25, -0.2) is 4.98 Å². The van der Waals surface area contributed by atoms with E-state index in [-0.39, 0.29) is 0 Å². The Morgan fingerprint density at radius 2 is 2.62 bits per heavy atom. The number of aromatic nitrogens is 2. The van der Waals surface area contributed by atoms with Crippen LogP contribution in [0.4, 0.5) is 0 Å². The van der Waals surface area contributed by atoms with Crippen LogP contribution in [0.2, 0.25) is 0 Å². The molecular weight excluding hydrogens is 198 g/mol. The van der Waals surface area contributed by atoms with E-state index in [1.54, 1.807) is 0 Å². The van der Waals surface area contributed by atoms with Gasteiger partial charge in [-0.3, -0.25) is 4.90 Å². The van der Waals surface area contributed by atoms with Gasteiger partial charge in [-0.15, -0.1) is 6.58 Å². The maximum absolute atomic E-state index is 4.39. The van der Waals surface area contributed by atoms with Gasteiger partial charge in [0.2, 0.25) is 0 Å². The van der Waals surface area contributed by atoms with E-state index in [2.05, 4.69) is 28.4 Å². The molecule has 0 aliphatic carbocycles. The van der Waals surface area contributed by atoms with Crippen LogP contribution in [0, 0.1) is 5.92 Å². The van der Waals surface area contributed by atoms with E-state index < -0.39 is 0 Å². The molecule has 0 spiro atoms. The maximum atomic E-state index is 4.39. The molecule has 2 atom stereocenters. The third-order valence-electron chi connectivity index (χ3n) is 3.35. The Labute approximate surface area is 97.6 Å². The number of nitrogens with zero attached hydrogens (tertiary/aromatic N) is 2. The first-order chi connectivity index (χ1) is 7.81. The summed E-state index contributed by atoms with van der Waals surface area (Å²) < 4.78 is 0. The number of likely N-dealkylation sites (tertiary alicyclic amines) is 1. The molecule has 1 aliphatic rings. The van der Waals surface area contributed by atoms with Crippen LogP contribution in [0.1, 0.15) is 38.1 Å². The molecule has 2 rings (SSSR count). The standard InChI is InChI=1S/C13H21N3/c1-3-5-12(13-14-7-8-15-13)16-9-4-6-11(2)10-16/h3,7-8,11-12H,1,4-6,9-10H2,2H3,(H,14,15). The topological polar surface area (TPSA) is 31.9 Å². The van der Waals surface area contributed by atoms with Gasteiger partial charge in [-0.2, -0.15) is 0 Å². The van der Waals surface area contributed by atoms with Gasteiger partial charge in [-0.1, -0.05) is 13.0 Å². The Hall–Kier alpha value is -1.09. The molecule has 0 bridgehead atoms. The Morgan fingerprint density at radius 3 is 3.25 bits per heavy atom. The summed E-state index contributed by atoms with van der Waals surface area (Å²) in [5, 5.41) is 0. The molecule has 0 aromatic carbocycles. The van der Waals surface area contributed by atoms with Crippen molar-refractivity contribution < 1.29 is 0 Å². The number of H-pyrrole nitrogens is 1. The first-order valence-electron chi connectivity index (χ1n) is 6.15. The Morgan fingerprint density at radius 1 is 1.75 bits per heavy atom. The van der Waals surface area contributed by atoms with E-state index in [9.17, 15) is 0 Å². The molecular formula is C13H21N3. The highest BCUT2D eigenvalue weighted by Gasteiger charge is 2.25. The molecule has 1 N–H and O–H groups in total. The van der Waals surface area contributed by atoms with E-state index in [1.165, 1.54) is 25.9 Å². The molecule has 1 aromatic rings. The van der Waals surface area contributed by atoms with E-state index in [0.717, 1.165) is 18.2 Å². The van der Waals surface area contributed by atoms with E-state index in [1.807, 2.05) is 18.5 Å². The zero-order chi connectivity index (χ0) is 11.4. The van der Waals surface area contributed by atoms with Crippen molar-refractivity contribution in [2.75, 3.05) is 13.1 Å². The summed E-state index contributed by atoms with van der Waals surface area (Å²) in [6.07, 6.45) is 9.36. The van der Waals surface area contributed by atoms with Crippen LogP contribution in [-0.2, 0) is 0 Å². The fraction of sp³-hybridized carbons (Fsp3) is 0.615. The molecule has 0 radical (unpaired) electrons. The van der Waals surface area contributed by atoms with Crippen LogP contribution in [-0.4, -0.2) is 28.0 Å². The lowest BCUT2D eigenvalue weighted by molar-refractivity contribution is 0.126. The Bertz CT molecular complexity index is 318. The fourth-order valence-corrected chi connectivity index (χ4v) is 2.56. The van der Waals surface area contributed by atoms with Crippen molar-refractivity contribution in [2.45, 2.75) is 32.2 Å². The Balaban J connectivity index is 2.09. The summed E-state index contributed by atoms with van der Waals surface area (Å²) >= 11 is 0. The van der Waals surface area contributed by atoms with E-state index in [4.69, 9.17) is 0 Å². The third-order valence-corrected chi connectivity index (χ3v) is 3.35. The van der Waals surface area contributed by atoms with Crippen LogP contribution < -0.4 is 0 Å². The van der Waals surface area contributed by atoms with Gasteiger partial charge < -0.3 is 4.98 Å². The van der Waals surface area contributed by atoms with Crippen molar-refractivity contribution >= 4 is 0 Å². The summed E-state index contributed by atoms with van der Waals surface area (Å²) in [5.74, 6) is 1.88. The van der Waals surface area contributed by atoms with Crippen LogP contribution in [0.15, 0.2) is 25.0 Å². The van der Waals surface area contributed by atoms with Gasteiger partial charge in [0.25, 0.3) is 0 Å². The highest BCUT2D eigenvalue weighted by Crippen LogP contribution is 2.27. The first-order valence-corrected chi connectivity index (χ1v) is 6.15. The minimum Gasteiger partial charge on any atom is -0.347 e. The molecule has 2 heterocycles. The second kappa shape index (κ2) is 5.30. The van der Waals surface area contributed by atoms with Gasteiger partial charge in [0.1, 0.15) is 5.82 Å². The van der Waals surface area contributed by atoms with Crippen molar-refractivity contribution in [3.05, 3.63) is 30.9 Å². The van der Waals surface area contributed by atoms with Crippen LogP contribution in [0.25, 0.3) is 0 Å². The normalized spacial score (nSPS) is 24.2. The van der Waals surface area contributed by atoms with Gasteiger partial charge >= 0.3 is 0 Å². The molecule has 0 saturated carbocycles. The van der Waals surface area contributed by atoms with E-state index in [0.29, 0.717) is 6.04 Å². The number of rotatable bonds is 4. The lowest BCUT2D eigenvalue weighted by Crippen LogP contribution is -2.37. The van der Waals surface area contributed by atoms with Gasteiger partial charge in [0.05, 0.1) is 6.04 Å². The molecule has 1 fully saturated rings. The molecule has 1 aromatic heterocycles. The van der Waals surface area contributed by atoms with Gasteiger partial charge in [0, 0.05) is 18.9 Å². The van der Waals surface area contributed by atoms with Crippen molar-refractivity contribution in [1.29, 1.82) is 0 Å². The van der Waals surface area contributed by atoms with Crippen LogP contribution >= 0.6 is 0 Å². The molecule has 3 nitrogen and oxygen atoms in total. The summed E-state index contributed by atoms with van der Waals surface area (Å²) in [6, 6.07) is 0.384. The largest absolute Gasteiger partial charge is 0.347 e.